The largest absolute Gasteiger partial charge is 0.545 e. The minimum Gasteiger partial charge on any atom is -0.545 e. The van der Waals surface area contributed by atoms with Crippen LogP contribution in [0.3, 0.4) is 0 Å². The first-order valence-corrected chi connectivity index (χ1v) is 7.72. The van der Waals surface area contributed by atoms with Crippen molar-refractivity contribution in [3.63, 3.8) is 0 Å². The molecule has 0 unspecified atom stereocenters. The van der Waals surface area contributed by atoms with Crippen LogP contribution in [0.5, 0.6) is 0 Å². The van der Waals surface area contributed by atoms with Gasteiger partial charge in [-0.2, -0.15) is 0 Å². The molecule has 0 bridgehead atoms. The number of ketones is 1. The van der Waals surface area contributed by atoms with Crippen LogP contribution in [0.15, 0.2) is 11.1 Å². The van der Waals surface area contributed by atoms with Gasteiger partial charge in [-0.1, -0.05) is 19.3 Å². The van der Waals surface area contributed by atoms with Crippen molar-refractivity contribution in [2.75, 3.05) is 13.2 Å². The summed E-state index contributed by atoms with van der Waals surface area (Å²) < 4.78 is 5.04. The van der Waals surface area contributed by atoms with Gasteiger partial charge in [0.1, 0.15) is 5.78 Å². The second-order valence-electron chi connectivity index (χ2n) is 5.46. The van der Waals surface area contributed by atoms with Crippen molar-refractivity contribution in [3.05, 3.63) is 11.1 Å². The zero-order valence-electron chi connectivity index (χ0n) is 12.9. The molecule has 1 rings (SSSR count). The summed E-state index contributed by atoms with van der Waals surface area (Å²) in [4.78, 5) is 34.6. The molecule has 0 aromatic carbocycles. The van der Waals surface area contributed by atoms with Crippen molar-refractivity contribution in [2.45, 2.75) is 51.9 Å². The molecule has 0 aliphatic heterocycles. The highest BCUT2D eigenvalue weighted by Gasteiger charge is 2.23. The van der Waals surface area contributed by atoms with Gasteiger partial charge >= 0.3 is 0 Å². The summed E-state index contributed by atoms with van der Waals surface area (Å²) in [6.07, 6.45) is 3.90. The summed E-state index contributed by atoms with van der Waals surface area (Å²) in [5.74, 6) is -3.62. The van der Waals surface area contributed by atoms with E-state index in [9.17, 15) is 24.6 Å². The molecule has 0 aromatic rings. The van der Waals surface area contributed by atoms with Crippen LogP contribution in [0.4, 0.5) is 0 Å². The fourth-order valence-corrected chi connectivity index (χ4v) is 2.74. The molecule has 0 aromatic heterocycles. The smallest absolute Gasteiger partial charge is 0.140 e. The molecule has 1 saturated carbocycles. The molecule has 1 fully saturated rings. The quantitative estimate of drug-likeness (QED) is 0.429. The topological polar surface area (TPSA) is 107 Å². The van der Waals surface area contributed by atoms with E-state index < -0.39 is 29.5 Å². The van der Waals surface area contributed by atoms with Gasteiger partial charge in [-0.15, -0.1) is 0 Å². The van der Waals surface area contributed by atoms with Crippen molar-refractivity contribution < 1.29 is 29.3 Å². The van der Waals surface area contributed by atoms with Gasteiger partial charge in [-0.3, -0.25) is 4.79 Å². The molecule has 1 aliphatic carbocycles. The number of aliphatic carboxylic acids is 2. The lowest BCUT2D eigenvalue weighted by Crippen LogP contribution is -2.34. The second-order valence-corrected chi connectivity index (χ2v) is 5.46. The summed E-state index contributed by atoms with van der Waals surface area (Å²) >= 11 is 0. The molecule has 0 atom stereocenters. The SMILES string of the molecule is CCOCC/C(C(=O)[O-])=C(/CC(=O)C1CCCCC1)C(=O)[O-]. The minimum absolute atomic E-state index is 0.0637. The lowest BCUT2D eigenvalue weighted by molar-refractivity contribution is -0.304. The first-order chi connectivity index (χ1) is 10.5. The maximum absolute atomic E-state index is 12.2. The predicted molar refractivity (Wildman–Crippen MR) is 74.3 cm³/mol. The fourth-order valence-electron chi connectivity index (χ4n) is 2.74. The number of Topliss-reactive ketones (excluding diaryl/α,β-unsaturated/α-hetero) is 1. The zero-order valence-corrected chi connectivity index (χ0v) is 12.9. The van der Waals surface area contributed by atoms with E-state index in [1.165, 1.54) is 0 Å². The predicted octanol–water partition coefficient (Wildman–Crippen LogP) is -0.251. The summed E-state index contributed by atoms with van der Waals surface area (Å²) in [6.45, 7) is 2.20. The molecule has 0 spiro atoms. The van der Waals surface area contributed by atoms with Crippen molar-refractivity contribution in [1.29, 1.82) is 0 Å². The van der Waals surface area contributed by atoms with E-state index in [4.69, 9.17) is 4.74 Å². The second kappa shape index (κ2) is 9.35. The third-order valence-electron chi connectivity index (χ3n) is 3.97. The standard InChI is InChI=1S/C16H24O6/c1-2-22-9-8-12(15(18)19)13(16(20)21)10-14(17)11-6-4-3-5-7-11/h11H,2-10H2,1H3,(H,18,19)(H,20,21)/p-2/b13-12+. The van der Waals surface area contributed by atoms with Crippen molar-refractivity contribution in [3.8, 4) is 0 Å². The lowest BCUT2D eigenvalue weighted by Gasteiger charge is -2.22. The molecule has 6 heteroatoms. The molecule has 0 saturated heterocycles. The number of carboxylic acids is 2. The number of hydrogen-bond acceptors (Lipinski definition) is 6. The summed E-state index contributed by atoms with van der Waals surface area (Å²) in [6, 6.07) is 0. The van der Waals surface area contributed by atoms with Gasteiger partial charge in [0.15, 0.2) is 0 Å². The molecule has 0 heterocycles. The lowest BCUT2D eigenvalue weighted by atomic mass is 9.83. The average molecular weight is 310 g/mol. The highest BCUT2D eigenvalue weighted by Crippen LogP contribution is 2.27. The number of rotatable bonds is 9. The fraction of sp³-hybridized carbons (Fsp3) is 0.688. The Morgan fingerprint density at radius 2 is 1.59 bits per heavy atom. The first kappa shape index (κ1) is 18.4. The van der Waals surface area contributed by atoms with Crippen LogP contribution >= 0.6 is 0 Å². The van der Waals surface area contributed by atoms with Crippen LogP contribution in [-0.4, -0.2) is 30.9 Å². The highest BCUT2D eigenvalue weighted by atomic mass is 16.5. The Kier molecular flexibility index (Phi) is 7.80. The van der Waals surface area contributed by atoms with E-state index in [-0.39, 0.29) is 24.7 Å². The van der Waals surface area contributed by atoms with Gasteiger partial charge in [0.2, 0.25) is 0 Å². The molecule has 0 N–H and O–H groups in total. The van der Waals surface area contributed by atoms with Crippen LogP contribution in [0.25, 0.3) is 0 Å². The third kappa shape index (κ3) is 5.60. The van der Waals surface area contributed by atoms with E-state index in [0.717, 1.165) is 32.1 Å². The zero-order chi connectivity index (χ0) is 16.5. The maximum Gasteiger partial charge on any atom is 0.140 e. The summed E-state index contributed by atoms with van der Waals surface area (Å²) in [7, 11) is 0. The van der Waals surface area contributed by atoms with Crippen molar-refractivity contribution in [1.82, 2.24) is 0 Å². The highest BCUT2D eigenvalue weighted by molar-refractivity contribution is 6.01. The van der Waals surface area contributed by atoms with Gasteiger partial charge in [0.05, 0.1) is 18.5 Å². The number of ether oxygens (including phenoxy) is 1. The monoisotopic (exact) mass is 310 g/mol. The Labute approximate surface area is 130 Å². The molecule has 6 nitrogen and oxygen atoms in total. The Balaban J connectivity index is 2.87. The van der Waals surface area contributed by atoms with E-state index in [0.29, 0.717) is 6.61 Å². The van der Waals surface area contributed by atoms with Crippen LogP contribution in [-0.2, 0) is 19.1 Å². The normalized spacial score (nSPS) is 17.0. The van der Waals surface area contributed by atoms with Crippen LogP contribution in [0.1, 0.15) is 51.9 Å². The maximum atomic E-state index is 12.2. The minimum atomic E-state index is -1.63. The van der Waals surface area contributed by atoms with Crippen LogP contribution in [0, 0.1) is 5.92 Å². The molecule has 124 valence electrons. The first-order valence-electron chi connectivity index (χ1n) is 7.72. The van der Waals surface area contributed by atoms with Gasteiger partial charge in [0.25, 0.3) is 0 Å². The van der Waals surface area contributed by atoms with E-state index in [1.54, 1.807) is 6.92 Å². The molecular weight excluding hydrogens is 288 g/mol. The third-order valence-corrected chi connectivity index (χ3v) is 3.97. The summed E-state index contributed by atoms with van der Waals surface area (Å²) in [5.41, 5.74) is -0.882. The van der Waals surface area contributed by atoms with Gasteiger partial charge < -0.3 is 24.5 Å². The number of carbonyl (C=O) groups excluding carboxylic acids is 3. The number of hydrogen-bond donors (Lipinski definition) is 0. The Bertz CT molecular complexity index is 446. The van der Waals surface area contributed by atoms with Crippen LogP contribution in [0.2, 0.25) is 0 Å². The van der Waals surface area contributed by atoms with Crippen molar-refractivity contribution in [2.24, 2.45) is 5.92 Å². The molecule has 0 amide bonds. The Morgan fingerprint density at radius 3 is 2.09 bits per heavy atom. The van der Waals surface area contributed by atoms with Gasteiger partial charge in [0, 0.05) is 18.9 Å². The van der Waals surface area contributed by atoms with Gasteiger partial charge in [-0.25, -0.2) is 0 Å². The van der Waals surface area contributed by atoms with Crippen molar-refractivity contribution >= 4 is 17.7 Å². The Morgan fingerprint density at radius 1 is 1.00 bits per heavy atom. The van der Waals surface area contributed by atoms with E-state index in [2.05, 4.69) is 0 Å². The van der Waals surface area contributed by atoms with Gasteiger partial charge in [-0.05, 0) is 37.3 Å². The van der Waals surface area contributed by atoms with E-state index >= 15 is 0 Å². The average Bonchev–Trinajstić information content (AvgIpc) is 2.50. The molecule has 0 radical (unpaired) electrons. The summed E-state index contributed by atoms with van der Waals surface area (Å²) in [5, 5.41) is 22.4. The number of carboxylic acid groups (broad SMARTS) is 2. The van der Waals surface area contributed by atoms with E-state index in [1.807, 2.05) is 0 Å². The molecule has 1 aliphatic rings. The molecular formula is C16H22O6-2. The number of carbonyl (C=O) groups is 3. The molecule has 22 heavy (non-hydrogen) atoms. The van der Waals surface area contributed by atoms with Crippen LogP contribution < -0.4 is 10.2 Å². The Hall–Kier alpha value is -1.69.